The fourth-order valence-electron chi connectivity index (χ4n) is 3.81. The van der Waals surface area contributed by atoms with Gasteiger partial charge in [0, 0.05) is 71.2 Å². The molecular weight excluding hydrogens is 316 g/mol. The highest BCUT2D eigenvalue weighted by Gasteiger charge is 2.24. The monoisotopic (exact) mass is 348 g/mol. The molecule has 25 heavy (non-hydrogen) atoms. The van der Waals surface area contributed by atoms with Crippen molar-refractivity contribution in [2.45, 2.75) is 26.8 Å². The van der Waals surface area contributed by atoms with Crippen LogP contribution in [0.1, 0.15) is 23.4 Å². The molecule has 0 bridgehead atoms. The summed E-state index contributed by atoms with van der Waals surface area (Å²) in [5.41, 5.74) is 3.57. The van der Waals surface area contributed by atoms with Crippen LogP contribution in [0.25, 0.3) is 0 Å². The van der Waals surface area contributed by atoms with E-state index in [4.69, 9.17) is 4.74 Å². The van der Waals surface area contributed by atoms with Gasteiger partial charge in [0.15, 0.2) is 5.96 Å². The number of hydrogen-bond donors (Lipinski definition) is 1. The average Bonchev–Trinajstić information content (AvgIpc) is 3.20. The second-order valence-electron chi connectivity index (χ2n) is 7.19. The predicted octanol–water partition coefficient (Wildman–Crippen LogP) is 0.766. The lowest BCUT2D eigenvalue weighted by Gasteiger charge is -2.37. The summed E-state index contributed by atoms with van der Waals surface area (Å²) < 4.78 is 7.44. The van der Waals surface area contributed by atoms with Crippen LogP contribution in [0.2, 0.25) is 0 Å². The van der Waals surface area contributed by atoms with Gasteiger partial charge in [-0.05, 0) is 26.2 Å². The van der Waals surface area contributed by atoms with E-state index in [0.29, 0.717) is 0 Å². The van der Waals surface area contributed by atoms with Crippen molar-refractivity contribution in [1.82, 2.24) is 24.9 Å². The van der Waals surface area contributed by atoms with E-state index in [1.807, 2.05) is 18.8 Å². The SMILES string of the molecule is CN=C(NCc1c(C)nn(C)c1C)N1CCN(CC2CCOC2)CC1. The Kier molecular flexibility index (Phi) is 5.96. The molecule has 0 radical (unpaired) electrons. The molecule has 7 nitrogen and oxygen atoms in total. The molecule has 0 aliphatic carbocycles. The zero-order valence-electron chi connectivity index (χ0n) is 16.1. The van der Waals surface area contributed by atoms with E-state index in [-0.39, 0.29) is 0 Å². The van der Waals surface area contributed by atoms with Crippen molar-refractivity contribution in [3.8, 4) is 0 Å². The maximum Gasteiger partial charge on any atom is 0.194 e. The topological polar surface area (TPSA) is 57.9 Å². The molecule has 0 saturated carbocycles. The van der Waals surface area contributed by atoms with Crippen LogP contribution in [0, 0.1) is 19.8 Å². The lowest BCUT2D eigenvalue weighted by atomic mass is 10.1. The summed E-state index contributed by atoms with van der Waals surface area (Å²) >= 11 is 0. The molecule has 2 aliphatic heterocycles. The van der Waals surface area contributed by atoms with Gasteiger partial charge in [0.25, 0.3) is 0 Å². The highest BCUT2D eigenvalue weighted by Crippen LogP contribution is 2.15. The second-order valence-corrected chi connectivity index (χ2v) is 7.19. The third-order valence-electron chi connectivity index (χ3n) is 5.51. The van der Waals surface area contributed by atoms with Crippen LogP contribution in [0.5, 0.6) is 0 Å². The standard InChI is InChI=1S/C18H32N6O/c1-14-17(15(2)22(4)21-14)11-20-18(19-3)24-8-6-23(7-9-24)12-16-5-10-25-13-16/h16H,5-13H2,1-4H3,(H,19,20). The van der Waals surface area contributed by atoms with E-state index in [9.17, 15) is 0 Å². The van der Waals surface area contributed by atoms with E-state index in [1.165, 1.54) is 24.2 Å². The van der Waals surface area contributed by atoms with Gasteiger partial charge in [-0.1, -0.05) is 0 Å². The third kappa shape index (κ3) is 4.33. The van der Waals surface area contributed by atoms with Crippen LogP contribution in [0.3, 0.4) is 0 Å². The first kappa shape index (κ1) is 18.2. The number of ether oxygens (including phenoxy) is 1. The maximum atomic E-state index is 5.50. The minimum atomic E-state index is 0.723. The van der Waals surface area contributed by atoms with Crippen molar-refractivity contribution in [1.29, 1.82) is 0 Å². The summed E-state index contributed by atoms with van der Waals surface area (Å²) in [6.45, 7) is 12.3. The van der Waals surface area contributed by atoms with Crippen LogP contribution < -0.4 is 5.32 Å². The number of rotatable bonds is 4. The van der Waals surface area contributed by atoms with Crippen LogP contribution in [0.4, 0.5) is 0 Å². The smallest absolute Gasteiger partial charge is 0.194 e. The van der Waals surface area contributed by atoms with Gasteiger partial charge in [-0.25, -0.2) is 0 Å². The molecule has 2 saturated heterocycles. The zero-order chi connectivity index (χ0) is 17.8. The number of piperazine rings is 1. The largest absolute Gasteiger partial charge is 0.381 e. The fourth-order valence-corrected chi connectivity index (χ4v) is 3.81. The highest BCUT2D eigenvalue weighted by atomic mass is 16.5. The minimum Gasteiger partial charge on any atom is -0.381 e. The molecule has 1 aromatic heterocycles. The highest BCUT2D eigenvalue weighted by molar-refractivity contribution is 5.80. The Labute approximate surface area is 151 Å². The molecule has 1 atom stereocenters. The van der Waals surface area contributed by atoms with Gasteiger partial charge in [-0.15, -0.1) is 0 Å². The molecule has 3 rings (SSSR count). The first-order valence-corrected chi connectivity index (χ1v) is 9.33. The number of guanidine groups is 1. The van der Waals surface area contributed by atoms with Crippen LogP contribution in [0.15, 0.2) is 4.99 Å². The van der Waals surface area contributed by atoms with Crippen molar-refractivity contribution in [3.05, 3.63) is 17.0 Å². The Balaban J connectivity index is 1.49. The Morgan fingerprint density at radius 3 is 2.60 bits per heavy atom. The Morgan fingerprint density at radius 2 is 2.04 bits per heavy atom. The minimum absolute atomic E-state index is 0.723. The fraction of sp³-hybridized carbons (Fsp3) is 0.778. The number of nitrogens with zero attached hydrogens (tertiary/aromatic N) is 5. The molecule has 0 aromatic carbocycles. The number of aryl methyl sites for hydroxylation is 2. The molecule has 1 unspecified atom stereocenters. The molecular formula is C18H32N6O. The average molecular weight is 348 g/mol. The Hall–Kier alpha value is -1.60. The van der Waals surface area contributed by atoms with Gasteiger partial charge in [-0.3, -0.25) is 14.6 Å². The number of hydrogen-bond acceptors (Lipinski definition) is 4. The van der Waals surface area contributed by atoms with Gasteiger partial charge in [0.2, 0.25) is 0 Å². The van der Waals surface area contributed by atoms with Gasteiger partial charge in [0.1, 0.15) is 0 Å². The normalized spacial score (nSPS) is 22.6. The first-order chi connectivity index (χ1) is 12.1. The van der Waals surface area contributed by atoms with Gasteiger partial charge in [-0.2, -0.15) is 5.10 Å². The molecule has 7 heteroatoms. The summed E-state index contributed by atoms with van der Waals surface area (Å²) in [5.74, 6) is 1.71. The lowest BCUT2D eigenvalue weighted by Crippen LogP contribution is -2.53. The maximum absolute atomic E-state index is 5.50. The molecule has 1 N–H and O–H groups in total. The number of aromatic nitrogens is 2. The molecule has 2 fully saturated rings. The van der Waals surface area contributed by atoms with Crippen molar-refractivity contribution < 1.29 is 4.74 Å². The second kappa shape index (κ2) is 8.19. The summed E-state index contributed by atoms with van der Waals surface area (Å²) in [4.78, 5) is 9.42. The van der Waals surface area contributed by atoms with Crippen LogP contribution in [-0.4, -0.2) is 78.5 Å². The van der Waals surface area contributed by atoms with E-state index >= 15 is 0 Å². The quantitative estimate of drug-likeness (QED) is 0.643. The van der Waals surface area contributed by atoms with Gasteiger partial charge in [0.05, 0.1) is 12.3 Å². The summed E-state index contributed by atoms with van der Waals surface area (Å²) in [7, 11) is 3.86. The molecule has 2 aliphatic rings. The zero-order valence-corrected chi connectivity index (χ0v) is 16.1. The summed E-state index contributed by atoms with van der Waals surface area (Å²) in [6, 6.07) is 0. The Morgan fingerprint density at radius 1 is 1.28 bits per heavy atom. The van der Waals surface area contributed by atoms with E-state index in [1.54, 1.807) is 0 Å². The van der Waals surface area contributed by atoms with Gasteiger partial charge >= 0.3 is 0 Å². The van der Waals surface area contributed by atoms with E-state index < -0.39 is 0 Å². The molecule has 3 heterocycles. The van der Waals surface area contributed by atoms with Crippen LogP contribution in [-0.2, 0) is 18.3 Å². The van der Waals surface area contributed by atoms with Crippen molar-refractivity contribution in [3.63, 3.8) is 0 Å². The number of aliphatic imine (C=N–C) groups is 1. The first-order valence-electron chi connectivity index (χ1n) is 9.33. The summed E-state index contributed by atoms with van der Waals surface area (Å²) in [6.07, 6.45) is 1.22. The van der Waals surface area contributed by atoms with E-state index in [2.05, 4.69) is 39.1 Å². The van der Waals surface area contributed by atoms with E-state index in [0.717, 1.165) is 63.5 Å². The molecule has 1 aromatic rings. The summed E-state index contributed by atoms with van der Waals surface area (Å²) in [5, 5.41) is 8.01. The Bertz CT molecular complexity index is 597. The number of nitrogens with one attached hydrogen (secondary N) is 1. The van der Waals surface area contributed by atoms with Crippen molar-refractivity contribution in [2.75, 3.05) is 53.0 Å². The van der Waals surface area contributed by atoms with Gasteiger partial charge < -0.3 is 15.0 Å². The molecule has 0 spiro atoms. The molecule has 0 amide bonds. The predicted molar refractivity (Wildman–Crippen MR) is 99.8 cm³/mol. The lowest BCUT2D eigenvalue weighted by molar-refractivity contribution is 0.139. The molecule has 140 valence electrons. The van der Waals surface area contributed by atoms with Crippen LogP contribution >= 0.6 is 0 Å². The third-order valence-corrected chi connectivity index (χ3v) is 5.51. The van der Waals surface area contributed by atoms with Crippen molar-refractivity contribution >= 4 is 5.96 Å². The van der Waals surface area contributed by atoms with Crippen molar-refractivity contribution in [2.24, 2.45) is 18.0 Å².